The lowest BCUT2D eigenvalue weighted by Gasteiger charge is -2.26. The first-order valence-corrected chi connectivity index (χ1v) is 3.36. The minimum atomic E-state index is -1.29. The third kappa shape index (κ3) is 2.86. The maximum absolute atomic E-state index is 10.4. The summed E-state index contributed by atoms with van der Waals surface area (Å²) in [6, 6.07) is 0. The van der Waals surface area contributed by atoms with Crippen molar-refractivity contribution < 1.29 is 19.7 Å². The predicted octanol–water partition coefficient (Wildman–Crippen LogP) is 0.105. The van der Waals surface area contributed by atoms with Crippen molar-refractivity contribution >= 4 is 5.97 Å². The van der Waals surface area contributed by atoms with Crippen LogP contribution in [0.1, 0.15) is 13.8 Å². The largest absolute Gasteiger partial charge is 0.481 e. The molecule has 0 aliphatic rings. The van der Waals surface area contributed by atoms with Crippen molar-refractivity contribution in [3.63, 3.8) is 0 Å². The molecular formula is C7H14O4. The van der Waals surface area contributed by atoms with Crippen LogP contribution in [0.3, 0.4) is 0 Å². The van der Waals surface area contributed by atoms with Gasteiger partial charge in [0, 0.05) is 7.11 Å². The van der Waals surface area contributed by atoms with Crippen LogP contribution < -0.4 is 0 Å². The highest BCUT2D eigenvalue weighted by Gasteiger charge is 2.33. The molecule has 2 atom stereocenters. The van der Waals surface area contributed by atoms with E-state index >= 15 is 0 Å². The summed E-state index contributed by atoms with van der Waals surface area (Å²) in [5.74, 6) is -1.84. The Balaban J connectivity index is 4.16. The maximum atomic E-state index is 10.4. The number of methoxy groups -OCH3 is 1. The van der Waals surface area contributed by atoms with Crippen molar-refractivity contribution in [2.24, 2.45) is 5.92 Å². The molecule has 2 N–H and O–H groups in total. The van der Waals surface area contributed by atoms with E-state index in [1.54, 1.807) is 0 Å². The Morgan fingerprint density at radius 2 is 2.18 bits per heavy atom. The van der Waals surface area contributed by atoms with Crippen molar-refractivity contribution in [3.8, 4) is 0 Å². The van der Waals surface area contributed by atoms with Crippen molar-refractivity contribution in [1.82, 2.24) is 0 Å². The highest BCUT2D eigenvalue weighted by molar-refractivity contribution is 5.70. The lowest BCUT2D eigenvalue weighted by Crippen LogP contribution is -2.41. The fraction of sp³-hybridized carbons (Fsp3) is 0.857. The molecule has 0 aliphatic carbocycles. The monoisotopic (exact) mass is 162 g/mol. The molecule has 0 aromatic rings. The molecule has 0 fully saturated rings. The second kappa shape index (κ2) is 3.69. The average molecular weight is 162 g/mol. The lowest BCUT2D eigenvalue weighted by atomic mass is 9.92. The van der Waals surface area contributed by atoms with Crippen molar-refractivity contribution in [2.45, 2.75) is 19.4 Å². The van der Waals surface area contributed by atoms with Crippen molar-refractivity contribution in [2.75, 3.05) is 13.7 Å². The fourth-order valence-electron chi connectivity index (χ4n) is 0.683. The van der Waals surface area contributed by atoms with Crippen LogP contribution in [0.15, 0.2) is 0 Å². The summed E-state index contributed by atoms with van der Waals surface area (Å²) >= 11 is 0. The summed E-state index contributed by atoms with van der Waals surface area (Å²) in [4.78, 5) is 10.4. The van der Waals surface area contributed by atoms with Gasteiger partial charge in [-0.15, -0.1) is 0 Å². The standard InChI is InChI=1S/C7H14O4/c1-5(6(8)9)7(2,10)4-11-3/h5,10H,4H2,1-3H3,(H,8,9). The minimum Gasteiger partial charge on any atom is -0.481 e. The van der Waals surface area contributed by atoms with E-state index in [0.29, 0.717) is 0 Å². The van der Waals surface area contributed by atoms with Crippen LogP contribution in [0.5, 0.6) is 0 Å². The van der Waals surface area contributed by atoms with Gasteiger partial charge in [-0.05, 0) is 13.8 Å². The third-order valence-corrected chi connectivity index (χ3v) is 1.74. The summed E-state index contributed by atoms with van der Waals surface area (Å²) < 4.78 is 4.66. The first-order valence-electron chi connectivity index (χ1n) is 3.36. The van der Waals surface area contributed by atoms with Crippen LogP contribution in [0.25, 0.3) is 0 Å². The second-order valence-corrected chi connectivity index (χ2v) is 2.85. The Morgan fingerprint density at radius 3 is 2.45 bits per heavy atom. The number of carboxylic acid groups (broad SMARTS) is 1. The van der Waals surface area contributed by atoms with Crippen LogP contribution in [-0.2, 0) is 9.53 Å². The Labute approximate surface area is 65.8 Å². The van der Waals surface area contributed by atoms with E-state index < -0.39 is 17.5 Å². The number of ether oxygens (including phenoxy) is 1. The predicted molar refractivity (Wildman–Crippen MR) is 39.3 cm³/mol. The quantitative estimate of drug-likeness (QED) is 0.615. The number of hydrogen-bond donors (Lipinski definition) is 2. The highest BCUT2D eigenvalue weighted by Crippen LogP contribution is 2.16. The van der Waals surface area contributed by atoms with E-state index in [4.69, 9.17) is 5.11 Å². The van der Waals surface area contributed by atoms with Gasteiger partial charge >= 0.3 is 5.97 Å². The number of rotatable bonds is 4. The Kier molecular flexibility index (Phi) is 3.48. The van der Waals surface area contributed by atoms with Gasteiger partial charge in [-0.2, -0.15) is 0 Å². The number of aliphatic carboxylic acids is 1. The van der Waals surface area contributed by atoms with Gasteiger partial charge < -0.3 is 14.9 Å². The molecule has 66 valence electrons. The van der Waals surface area contributed by atoms with Crippen molar-refractivity contribution in [1.29, 1.82) is 0 Å². The SMILES string of the molecule is COCC(C)(O)C(C)C(=O)O. The normalized spacial score (nSPS) is 18.9. The first kappa shape index (κ1) is 10.4. The summed E-state index contributed by atoms with van der Waals surface area (Å²) in [5, 5.41) is 18.0. The van der Waals surface area contributed by atoms with Gasteiger partial charge in [0.25, 0.3) is 0 Å². The molecule has 0 amide bonds. The molecule has 0 aliphatic heterocycles. The van der Waals surface area contributed by atoms with E-state index in [-0.39, 0.29) is 6.61 Å². The molecule has 0 bridgehead atoms. The van der Waals surface area contributed by atoms with E-state index in [0.717, 1.165) is 0 Å². The van der Waals surface area contributed by atoms with Crippen molar-refractivity contribution in [3.05, 3.63) is 0 Å². The topological polar surface area (TPSA) is 66.8 Å². The molecular weight excluding hydrogens is 148 g/mol. The van der Waals surface area contributed by atoms with E-state index in [9.17, 15) is 9.90 Å². The van der Waals surface area contributed by atoms with Gasteiger partial charge in [-0.1, -0.05) is 0 Å². The Hall–Kier alpha value is -0.610. The zero-order chi connectivity index (χ0) is 9.07. The summed E-state index contributed by atoms with van der Waals surface area (Å²) in [7, 11) is 1.42. The summed E-state index contributed by atoms with van der Waals surface area (Å²) in [5.41, 5.74) is -1.29. The smallest absolute Gasteiger partial charge is 0.309 e. The molecule has 0 aromatic carbocycles. The molecule has 0 heterocycles. The molecule has 4 heteroatoms. The summed E-state index contributed by atoms with van der Waals surface area (Å²) in [6.45, 7) is 2.91. The summed E-state index contributed by atoms with van der Waals surface area (Å²) in [6.07, 6.45) is 0. The number of carbonyl (C=O) groups is 1. The third-order valence-electron chi connectivity index (χ3n) is 1.74. The zero-order valence-electron chi connectivity index (χ0n) is 7.00. The van der Waals surface area contributed by atoms with Crippen LogP contribution in [0, 0.1) is 5.92 Å². The zero-order valence-corrected chi connectivity index (χ0v) is 7.00. The lowest BCUT2D eigenvalue weighted by molar-refractivity contribution is -0.153. The van der Waals surface area contributed by atoms with Gasteiger partial charge in [0.1, 0.15) is 0 Å². The molecule has 0 saturated heterocycles. The number of aliphatic hydroxyl groups is 1. The fourth-order valence-corrected chi connectivity index (χ4v) is 0.683. The molecule has 2 unspecified atom stereocenters. The number of carboxylic acids is 1. The van der Waals surface area contributed by atoms with Crippen LogP contribution in [-0.4, -0.2) is 35.5 Å². The van der Waals surface area contributed by atoms with Gasteiger partial charge in [-0.3, -0.25) is 4.79 Å². The molecule has 0 rings (SSSR count). The molecule has 0 radical (unpaired) electrons. The minimum absolute atomic E-state index is 0.0282. The van der Waals surface area contributed by atoms with E-state index in [1.807, 2.05) is 0 Å². The average Bonchev–Trinajstić information content (AvgIpc) is 1.86. The molecule has 0 saturated carbocycles. The molecule has 11 heavy (non-hydrogen) atoms. The Bertz CT molecular complexity index is 141. The van der Waals surface area contributed by atoms with Crippen LogP contribution in [0.4, 0.5) is 0 Å². The van der Waals surface area contributed by atoms with Gasteiger partial charge in [0.2, 0.25) is 0 Å². The van der Waals surface area contributed by atoms with E-state index in [1.165, 1.54) is 21.0 Å². The van der Waals surface area contributed by atoms with Crippen LogP contribution >= 0.6 is 0 Å². The molecule has 4 nitrogen and oxygen atoms in total. The maximum Gasteiger partial charge on any atom is 0.309 e. The van der Waals surface area contributed by atoms with Gasteiger partial charge in [0.05, 0.1) is 18.1 Å². The molecule has 0 aromatic heterocycles. The first-order chi connectivity index (χ1) is 4.91. The van der Waals surface area contributed by atoms with Gasteiger partial charge in [0.15, 0.2) is 0 Å². The van der Waals surface area contributed by atoms with Gasteiger partial charge in [-0.25, -0.2) is 0 Å². The molecule has 0 spiro atoms. The highest BCUT2D eigenvalue weighted by atomic mass is 16.5. The van der Waals surface area contributed by atoms with Crippen LogP contribution in [0.2, 0.25) is 0 Å². The number of hydrogen-bond acceptors (Lipinski definition) is 3. The Morgan fingerprint density at radius 1 is 1.73 bits per heavy atom. The van der Waals surface area contributed by atoms with E-state index in [2.05, 4.69) is 4.74 Å². The second-order valence-electron chi connectivity index (χ2n) is 2.85.